The summed E-state index contributed by atoms with van der Waals surface area (Å²) >= 11 is 0. The van der Waals surface area contributed by atoms with Crippen LogP contribution in [0, 0.1) is 17.8 Å². The van der Waals surface area contributed by atoms with Gasteiger partial charge in [0.1, 0.15) is 0 Å². The van der Waals surface area contributed by atoms with E-state index in [4.69, 9.17) is 0 Å². The van der Waals surface area contributed by atoms with Crippen molar-refractivity contribution < 1.29 is 23.1 Å². The molecule has 2 aliphatic rings. The first-order valence-corrected chi connectivity index (χ1v) is 16.7. The van der Waals surface area contributed by atoms with E-state index in [0.717, 1.165) is 23.6 Å². The Morgan fingerprint density at radius 3 is 1.95 bits per heavy atom. The minimum atomic E-state index is -3.79. The van der Waals surface area contributed by atoms with Gasteiger partial charge in [0.05, 0.1) is 16.6 Å². The van der Waals surface area contributed by atoms with E-state index in [2.05, 4.69) is 0 Å². The fourth-order valence-electron chi connectivity index (χ4n) is 6.52. The van der Waals surface area contributed by atoms with E-state index in [0.29, 0.717) is 24.9 Å². The van der Waals surface area contributed by atoms with Gasteiger partial charge in [0.15, 0.2) is 9.84 Å². The van der Waals surface area contributed by atoms with Gasteiger partial charge in [-0.3, -0.25) is 9.59 Å². The molecule has 0 heterocycles. The summed E-state index contributed by atoms with van der Waals surface area (Å²) in [5, 5.41) is 11.2. The van der Waals surface area contributed by atoms with Crippen LogP contribution in [-0.4, -0.2) is 49.1 Å². The normalized spacial score (nSPS) is 18.2. The summed E-state index contributed by atoms with van der Waals surface area (Å²) in [6.07, 6.45) is 14.0. The minimum Gasteiger partial charge on any atom is -0.481 e. The van der Waals surface area contributed by atoms with Gasteiger partial charge in [0.2, 0.25) is 5.91 Å². The summed E-state index contributed by atoms with van der Waals surface area (Å²) in [6.45, 7) is 1.27. The van der Waals surface area contributed by atoms with Crippen molar-refractivity contribution in [3.05, 3.63) is 42.5 Å². The van der Waals surface area contributed by atoms with Crippen LogP contribution in [0.15, 0.2) is 47.4 Å². The van der Waals surface area contributed by atoms with Gasteiger partial charge >= 0.3 is 5.97 Å². The fourth-order valence-corrected chi connectivity index (χ4v) is 8.13. The van der Waals surface area contributed by atoms with Crippen LogP contribution in [0.25, 0.3) is 10.8 Å². The van der Waals surface area contributed by atoms with E-state index >= 15 is 0 Å². The third kappa shape index (κ3) is 8.79. The molecular formula is C32H45NO5S. The highest BCUT2D eigenvalue weighted by Crippen LogP contribution is 2.30. The van der Waals surface area contributed by atoms with Crippen molar-refractivity contribution in [1.29, 1.82) is 0 Å². The topological polar surface area (TPSA) is 91.7 Å². The Morgan fingerprint density at radius 2 is 1.38 bits per heavy atom. The van der Waals surface area contributed by atoms with Crippen LogP contribution < -0.4 is 0 Å². The van der Waals surface area contributed by atoms with E-state index in [9.17, 15) is 23.1 Å². The summed E-state index contributed by atoms with van der Waals surface area (Å²) in [7, 11) is -3.79. The van der Waals surface area contributed by atoms with E-state index < -0.39 is 21.7 Å². The molecule has 0 radical (unpaired) electrons. The number of fused-ring (bicyclic) bond motifs is 1. The Labute approximate surface area is 234 Å². The molecule has 2 aliphatic carbocycles. The second kappa shape index (κ2) is 14.3. The van der Waals surface area contributed by atoms with E-state index in [-0.39, 0.29) is 29.4 Å². The van der Waals surface area contributed by atoms with Gasteiger partial charge in [-0.25, -0.2) is 8.42 Å². The Balaban J connectivity index is 1.52. The molecule has 39 heavy (non-hydrogen) atoms. The maximum atomic E-state index is 14.0. The highest BCUT2D eigenvalue weighted by atomic mass is 32.2. The van der Waals surface area contributed by atoms with Crippen LogP contribution in [0.1, 0.15) is 89.9 Å². The second-order valence-corrected chi connectivity index (χ2v) is 13.9. The minimum absolute atomic E-state index is 0.0321. The SMILES string of the molecule is O=C(O)CCC(CS(=O)(=O)c1ccc2ccccc2c1)C(=O)N(CCC1CCCCC1)CCC1CCCCC1. The lowest BCUT2D eigenvalue weighted by atomic mass is 9.86. The smallest absolute Gasteiger partial charge is 0.303 e. The van der Waals surface area contributed by atoms with Crippen LogP contribution in [0.2, 0.25) is 0 Å². The summed E-state index contributed by atoms with van der Waals surface area (Å²) < 4.78 is 27.1. The molecule has 1 N–H and O–H groups in total. The molecule has 214 valence electrons. The predicted octanol–water partition coefficient (Wildman–Crippen LogP) is 6.86. The first-order chi connectivity index (χ1) is 18.8. The van der Waals surface area contributed by atoms with Gasteiger partial charge in [-0.1, -0.05) is 94.5 Å². The summed E-state index contributed by atoms with van der Waals surface area (Å²) in [6, 6.07) is 12.6. The molecule has 2 aromatic rings. The monoisotopic (exact) mass is 555 g/mol. The average molecular weight is 556 g/mol. The molecule has 0 bridgehead atoms. The third-order valence-electron chi connectivity index (χ3n) is 8.93. The number of amides is 1. The van der Waals surface area contributed by atoms with Crippen molar-refractivity contribution in [3.63, 3.8) is 0 Å². The van der Waals surface area contributed by atoms with Gasteiger partial charge in [-0.2, -0.15) is 0 Å². The first-order valence-electron chi connectivity index (χ1n) is 15.0. The Morgan fingerprint density at radius 1 is 0.821 bits per heavy atom. The Hall–Kier alpha value is -2.41. The lowest BCUT2D eigenvalue weighted by Gasteiger charge is -2.32. The quantitative estimate of drug-likeness (QED) is 0.291. The van der Waals surface area contributed by atoms with E-state index in [1.807, 2.05) is 29.2 Å². The zero-order valence-electron chi connectivity index (χ0n) is 23.2. The van der Waals surface area contributed by atoms with Crippen molar-refractivity contribution in [1.82, 2.24) is 4.90 Å². The highest BCUT2D eigenvalue weighted by Gasteiger charge is 2.31. The number of carboxylic acids is 1. The standard InChI is InChI=1S/C32H45NO5S/c34-31(35)18-16-29(24-39(37,38)30-17-15-27-13-7-8-14-28(27)23-30)32(36)33(21-19-25-9-3-1-4-10-25)22-20-26-11-5-2-6-12-26/h7-8,13-15,17,23,25-26,29H,1-6,9-12,16,18-22,24H2,(H,34,35). The molecule has 1 unspecified atom stereocenters. The molecule has 0 aliphatic heterocycles. The van der Waals surface area contributed by atoms with Gasteiger partial charge in [0.25, 0.3) is 0 Å². The number of sulfone groups is 1. The van der Waals surface area contributed by atoms with Crippen molar-refractivity contribution in [2.24, 2.45) is 17.8 Å². The molecule has 2 saturated carbocycles. The molecule has 0 aromatic heterocycles. The van der Waals surface area contributed by atoms with E-state index in [1.165, 1.54) is 64.2 Å². The highest BCUT2D eigenvalue weighted by molar-refractivity contribution is 7.91. The van der Waals surface area contributed by atoms with Crippen LogP contribution in [0.4, 0.5) is 0 Å². The molecule has 2 aromatic carbocycles. The molecule has 1 amide bonds. The molecule has 2 fully saturated rings. The molecule has 4 rings (SSSR count). The van der Waals surface area contributed by atoms with Crippen molar-refractivity contribution in [2.45, 2.75) is 94.8 Å². The largest absolute Gasteiger partial charge is 0.481 e. The Bertz CT molecular complexity index is 1180. The number of carbonyl (C=O) groups is 2. The van der Waals surface area contributed by atoms with Gasteiger partial charge < -0.3 is 10.0 Å². The summed E-state index contributed by atoms with van der Waals surface area (Å²) in [5.41, 5.74) is 0. The lowest BCUT2D eigenvalue weighted by Crippen LogP contribution is -2.41. The number of aliphatic carboxylic acids is 1. The first kappa shape index (κ1) is 29.6. The number of carbonyl (C=O) groups excluding carboxylic acids is 1. The van der Waals surface area contributed by atoms with Crippen LogP contribution in [-0.2, 0) is 19.4 Å². The summed E-state index contributed by atoms with van der Waals surface area (Å²) in [5.74, 6) is -1.19. The molecule has 6 nitrogen and oxygen atoms in total. The number of carboxylic acid groups (broad SMARTS) is 1. The van der Waals surface area contributed by atoms with Gasteiger partial charge in [0, 0.05) is 19.5 Å². The maximum absolute atomic E-state index is 14.0. The molecule has 0 spiro atoms. The average Bonchev–Trinajstić information content (AvgIpc) is 2.95. The molecule has 7 heteroatoms. The van der Waals surface area contributed by atoms with Crippen molar-refractivity contribution in [3.8, 4) is 0 Å². The second-order valence-electron chi connectivity index (χ2n) is 11.8. The van der Waals surface area contributed by atoms with Gasteiger partial charge in [-0.05, 0) is 54.0 Å². The van der Waals surface area contributed by atoms with Crippen LogP contribution in [0.5, 0.6) is 0 Å². The number of benzene rings is 2. The van der Waals surface area contributed by atoms with E-state index in [1.54, 1.807) is 18.2 Å². The van der Waals surface area contributed by atoms with Crippen molar-refractivity contribution >= 4 is 32.5 Å². The Kier molecular flexibility index (Phi) is 10.8. The summed E-state index contributed by atoms with van der Waals surface area (Å²) in [4.78, 5) is 27.5. The zero-order chi connectivity index (χ0) is 27.7. The van der Waals surface area contributed by atoms with Gasteiger partial charge in [-0.15, -0.1) is 0 Å². The number of rotatable bonds is 13. The molecule has 0 saturated heterocycles. The predicted molar refractivity (Wildman–Crippen MR) is 155 cm³/mol. The number of hydrogen-bond acceptors (Lipinski definition) is 4. The molecular weight excluding hydrogens is 510 g/mol. The number of nitrogens with zero attached hydrogens (tertiary/aromatic N) is 1. The lowest BCUT2D eigenvalue weighted by molar-refractivity contribution is -0.138. The zero-order valence-corrected chi connectivity index (χ0v) is 24.0. The van der Waals surface area contributed by atoms with Crippen molar-refractivity contribution in [2.75, 3.05) is 18.8 Å². The number of hydrogen-bond donors (Lipinski definition) is 1. The van der Waals surface area contributed by atoms with Crippen LogP contribution in [0.3, 0.4) is 0 Å². The van der Waals surface area contributed by atoms with Crippen LogP contribution >= 0.6 is 0 Å². The fraction of sp³-hybridized carbons (Fsp3) is 0.625. The maximum Gasteiger partial charge on any atom is 0.303 e. The molecule has 1 atom stereocenters. The third-order valence-corrected chi connectivity index (χ3v) is 10.7.